The Balaban J connectivity index is 2.21. The molecule has 1 atom stereocenters. The number of nitro groups is 1. The van der Waals surface area contributed by atoms with Crippen LogP contribution in [-0.2, 0) is 9.59 Å². The quantitative estimate of drug-likeness (QED) is 0.302. The first kappa shape index (κ1) is 14.4. The molecule has 0 aromatic heterocycles. The fourth-order valence-corrected chi connectivity index (χ4v) is 1.96. The molecule has 21 heavy (non-hydrogen) atoms. The van der Waals surface area contributed by atoms with Crippen LogP contribution in [0, 0.1) is 10.1 Å². The van der Waals surface area contributed by atoms with Gasteiger partial charge in [0.05, 0.1) is 4.92 Å². The molecule has 1 saturated heterocycles. The molecular formula is C12H12N4O5. The summed E-state index contributed by atoms with van der Waals surface area (Å²) in [4.78, 5) is 44.8. The Bertz CT molecular complexity index is 643. The van der Waals surface area contributed by atoms with Gasteiger partial charge in [0.2, 0.25) is 11.8 Å². The van der Waals surface area contributed by atoms with Crippen LogP contribution in [0.5, 0.6) is 0 Å². The lowest BCUT2D eigenvalue weighted by atomic mass is 10.0. The maximum Gasteiger partial charge on any atom is 0.282 e. The van der Waals surface area contributed by atoms with Gasteiger partial charge in [0.25, 0.3) is 11.6 Å². The summed E-state index contributed by atoms with van der Waals surface area (Å²) in [6.45, 7) is 0. The number of benzene rings is 1. The van der Waals surface area contributed by atoms with Crippen molar-refractivity contribution in [2.24, 2.45) is 0 Å². The van der Waals surface area contributed by atoms with Crippen LogP contribution in [0.4, 0.5) is 11.4 Å². The number of carbonyl (C=O) groups is 3. The van der Waals surface area contributed by atoms with Crippen molar-refractivity contribution in [1.82, 2.24) is 10.6 Å². The van der Waals surface area contributed by atoms with Crippen molar-refractivity contribution in [1.29, 1.82) is 0 Å². The van der Waals surface area contributed by atoms with Crippen molar-refractivity contribution < 1.29 is 19.3 Å². The topological polar surface area (TPSA) is 144 Å². The Morgan fingerprint density at radius 2 is 2.14 bits per heavy atom. The molecule has 0 aliphatic carbocycles. The highest BCUT2D eigenvalue weighted by Gasteiger charge is 2.30. The molecule has 1 aliphatic heterocycles. The van der Waals surface area contributed by atoms with Gasteiger partial charge >= 0.3 is 0 Å². The molecule has 2 rings (SSSR count). The molecule has 1 unspecified atom stereocenters. The van der Waals surface area contributed by atoms with Crippen molar-refractivity contribution in [3.8, 4) is 0 Å². The van der Waals surface area contributed by atoms with Crippen molar-refractivity contribution in [2.75, 3.05) is 5.73 Å². The Morgan fingerprint density at radius 1 is 1.43 bits per heavy atom. The standard InChI is InChI=1S/C12H12N4O5/c13-6-1-3-9(16(20)21)7(5-6)11(18)14-8-2-4-10(17)15-12(8)19/h1,3,5,8H,2,4,13H2,(H,14,18)(H,15,17,19). The van der Waals surface area contributed by atoms with Crippen LogP contribution in [0.3, 0.4) is 0 Å². The summed E-state index contributed by atoms with van der Waals surface area (Å²) >= 11 is 0. The zero-order valence-electron chi connectivity index (χ0n) is 10.8. The van der Waals surface area contributed by atoms with E-state index in [4.69, 9.17) is 5.73 Å². The second-order valence-electron chi connectivity index (χ2n) is 4.51. The van der Waals surface area contributed by atoms with E-state index in [0.717, 1.165) is 6.07 Å². The maximum atomic E-state index is 12.1. The minimum absolute atomic E-state index is 0.0930. The average Bonchev–Trinajstić information content (AvgIpc) is 2.41. The Morgan fingerprint density at radius 3 is 2.76 bits per heavy atom. The SMILES string of the molecule is Nc1ccc([N+](=O)[O-])c(C(=O)NC2CCC(=O)NC2=O)c1. The molecule has 3 amide bonds. The highest BCUT2D eigenvalue weighted by molar-refractivity contribution is 6.05. The van der Waals surface area contributed by atoms with E-state index < -0.39 is 34.4 Å². The molecule has 110 valence electrons. The lowest BCUT2D eigenvalue weighted by molar-refractivity contribution is -0.385. The van der Waals surface area contributed by atoms with Crippen molar-refractivity contribution in [2.45, 2.75) is 18.9 Å². The summed E-state index contributed by atoms with van der Waals surface area (Å²) < 4.78 is 0. The number of nitrogens with zero attached hydrogens (tertiary/aromatic N) is 1. The summed E-state index contributed by atoms with van der Waals surface area (Å²) in [5.41, 5.74) is 5.07. The Labute approximate surface area is 118 Å². The van der Waals surface area contributed by atoms with Gasteiger partial charge in [-0.05, 0) is 18.6 Å². The molecule has 4 N–H and O–H groups in total. The van der Waals surface area contributed by atoms with Crippen LogP contribution in [-0.4, -0.2) is 28.7 Å². The molecule has 0 saturated carbocycles. The van der Waals surface area contributed by atoms with E-state index in [-0.39, 0.29) is 24.1 Å². The summed E-state index contributed by atoms with van der Waals surface area (Å²) in [5.74, 6) is -1.84. The van der Waals surface area contributed by atoms with Gasteiger partial charge in [-0.1, -0.05) is 0 Å². The van der Waals surface area contributed by atoms with E-state index in [9.17, 15) is 24.5 Å². The first-order valence-electron chi connectivity index (χ1n) is 6.07. The zero-order chi connectivity index (χ0) is 15.6. The van der Waals surface area contributed by atoms with Crippen LogP contribution in [0.2, 0.25) is 0 Å². The first-order valence-corrected chi connectivity index (χ1v) is 6.07. The number of carbonyl (C=O) groups excluding carboxylic acids is 3. The van der Waals surface area contributed by atoms with E-state index in [1.54, 1.807) is 0 Å². The molecule has 0 spiro atoms. The largest absolute Gasteiger partial charge is 0.399 e. The van der Waals surface area contributed by atoms with E-state index in [1.807, 2.05) is 0 Å². The summed E-state index contributed by atoms with van der Waals surface area (Å²) in [6.07, 6.45) is 0.238. The van der Waals surface area contributed by atoms with E-state index >= 15 is 0 Å². The highest BCUT2D eigenvalue weighted by Crippen LogP contribution is 2.21. The molecule has 9 heteroatoms. The third-order valence-corrected chi connectivity index (χ3v) is 3.01. The van der Waals surface area contributed by atoms with Crippen LogP contribution in [0.15, 0.2) is 18.2 Å². The highest BCUT2D eigenvalue weighted by atomic mass is 16.6. The maximum absolute atomic E-state index is 12.1. The minimum Gasteiger partial charge on any atom is -0.399 e. The molecule has 9 nitrogen and oxygen atoms in total. The van der Waals surface area contributed by atoms with E-state index in [1.165, 1.54) is 12.1 Å². The number of piperidine rings is 1. The zero-order valence-corrected chi connectivity index (χ0v) is 10.8. The Hall–Kier alpha value is -2.97. The predicted molar refractivity (Wildman–Crippen MR) is 71.1 cm³/mol. The van der Waals surface area contributed by atoms with Crippen LogP contribution in [0.1, 0.15) is 23.2 Å². The number of hydrogen-bond acceptors (Lipinski definition) is 6. The molecule has 0 radical (unpaired) electrons. The van der Waals surface area contributed by atoms with Crippen LogP contribution < -0.4 is 16.4 Å². The molecule has 1 fully saturated rings. The van der Waals surface area contributed by atoms with Crippen molar-refractivity contribution in [3.05, 3.63) is 33.9 Å². The van der Waals surface area contributed by atoms with Gasteiger partial charge in [0, 0.05) is 18.2 Å². The van der Waals surface area contributed by atoms with Gasteiger partial charge in [-0.3, -0.25) is 29.8 Å². The second kappa shape index (κ2) is 5.57. The number of imide groups is 1. The summed E-state index contributed by atoms with van der Waals surface area (Å²) in [6, 6.07) is 2.69. The number of nitrogen functional groups attached to an aromatic ring is 1. The molecular weight excluding hydrogens is 280 g/mol. The summed E-state index contributed by atoms with van der Waals surface area (Å²) in [5, 5.41) is 15.3. The summed E-state index contributed by atoms with van der Waals surface area (Å²) in [7, 11) is 0. The molecule has 0 bridgehead atoms. The lowest BCUT2D eigenvalue weighted by Gasteiger charge is -2.21. The monoisotopic (exact) mass is 292 g/mol. The van der Waals surface area contributed by atoms with Gasteiger partial charge in [0.15, 0.2) is 0 Å². The second-order valence-corrected chi connectivity index (χ2v) is 4.51. The lowest BCUT2D eigenvalue weighted by Crippen LogP contribution is -2.52. The van der Waals surface area contributed by atoms with Gasteiger partial charge in [-0.25, -0.2) is 0 Å². The number of nitrogens with two attached hydrogens (primary N) is 1. The van der Waals surface area contributed by atoms with Crippen LogP contribution in [0.25, 0.3) is 0 Å². The van der Waals surface area contributed by atoms with Gasteiger partial charge in [-0.2, -0.15) is 0 Å². The first-order chi connectivity index (χ1) is 9.88. The normalized spacial score (nSPS) is 18.0. The predicted octanol–water partition coefficient (Wildman–Crippen LogP) is -0.288. The van der Waals surface area contributed by atoms with Gasteiger partial charge in [-0.15, -0.1) is 0 Å². The Kier molecular flexibility index (Phi) is 3.83. The van der Waals surface area contributed by atoms with Gasteiger partial charge < -0.3 is 11.1 Å². The van der Waals surface area contributed by atoms with Crippen molar-refractivity contribution in [3.63, 3.8) is 0 Å². The number of nitrogens with one attached hydrogen (secondary N) is 2. The number of hydrogen-bond donors (Lipinski definition) is 3. The third-order valence-electron chi connectivity index (χ3n) is 3.01. The van der Waals surface area contributed by atoms with E-state index in [0.29, 0.717) is 0 Å². The number of anilines is 1. The number of nitro benzene ring substituents is 1. The van der Waals surface area contributed by atoms with E-state index in [2.05, 4.69) is 10.6 Å². The molecule has 1 aromatic rings. The fraction of sp³-hybridized carbons (Fsp3) is 0.250. The fourth-order valence-electron chi connectivity index (χ4n) is 1.96. The van der Waals surface area contributed by atoms with Crippen LogP contribution >= 0.6 is 0 Å². The molecule has 1 heterocycles. The average molecular weight is 292 g/mol. The number of rotatable bonds is 3. The molecule has 1 aliphatic rings. The third kappa shape index (κ3) is 3.14. The minimum atomic E-state index is -0.906. The molecule has 1 aromatic carbocycles. The van der Waals surface area contributed by atoms with Gasteiger partial charge in [0.1, 0.15) is 11.6 Å². The number of amides is 3. The van der Waals surface area contributed by atoms with Crippen molar-refractivity contribution >= 4 is 29.1 Å². The smallest absolute Gasteiger partial charge is 0.282 e.